The maximum Gasteiger partial charge on any atom is 0.266 e. The van der Waals surface area contributed by atoms with E-state index in [9.17, 15) is 10.1 Å². The normalized spacial score (nSPS) is 10.7. The van der Waals surface area contributed by atoms with Gasteiger partial charge < -0.3 is 10.1 Å². The van der Waals surface area contributed by atoms with Crippen molar-refractivity contribution in [3.05, 3.63) is 64.1 Å². The number of anilines is 1. The topological polar surface area (TPSA) is 62.1 Å². The van der Waals surface area contributed by atoms with Gasteiger partial charge in [-0.1, -0.05) is 40.2 Å². The van der Waals surface area contributed by atoms with Crippen molar-refractivity contribution in [2.45, 2.75) is 0 Å². The van der Waals surface area contributed by atoms with E-state index >= 15 is 0 Å². The van der Waals surface area contributed by atoms with Crippen LogP contribution in [0.25, 0.3) is 6.08 Å². The van der Waals surface area contributed by atoms with Crippen molar-refractivity contribution < 1.29 is 9.53 Å². The van der Waals surface area contributed by atoms with E-state index in [0.717, 1.165) is 10.0 Å². The summed E-state index contributed by atoms with van der Waals surface area (Å²) in [5, 5.41) is 11.9. The van der Waals surface area contributed by atoms with Gasteiger partial charge in [0.15, 0.2) is 0 Å². The fourth-order valence-corrected chi connectivity index (χ4v) is 2.27. The second kappa shape index (κ2) is 7.43. The molecule has 2 aromatic carbocycles. The fourth-order valence-electron chi connectivity index (χ4n) is 1.85. The standard InChI is InChI=1S/C17H13BrN2O2/c1-22-16-8-3-2-7-15(16)20-17(21)13(11-19)9-12-5-4-6-14(18)10-12/h2-10H,1H3,(H,20,21)/b13-9+. The highest BCUT2D eigenvalue weighted by molar-refractivity contribution is 9.10. The van der Waals surface area contributed by atoms with Crippen LogP contribution in [0.1, 0.15) is 5.56 Å². The molecule has 2 aromatic rings. The van der Waals surface area contributed by atoms with E-state index in [1.54, 1.807) is 24.3 Å². The minimum Gasteiger partial charge on any atom is -0.495 e. The van der Waals surface area contributed by atoms with E-state index in [0.29, 0.717) is 11.4 Å². The monoisotopic (exact) mass is 356 g/mol. The summed E-state index contributed by atoms with van der Waals surface area (Å²) in [5.41, 5.74) is 1.30. The molecule has 5 heteroatoms. The van der Waals surface area contributed by atoms with Crippen LogP contribution in [0.3, 0.4) is 0 Å². The Morgan fingerprint density at radius 1 is 1.27 bits per heavy atom. The molecule has 0 aliphatic carbocycles. The van der Waals surface area contributed by atoms with Crippen molar-refractivity contribution in [3.8, 4) is 11.8 Å². The highest BCUT2D eigenvalue weighted by Crippen LogP contribution is 2.24. The van der Waals surface area contributed by atoms with Gasteiger partial charge in [0.1, 0.15) is 17.4 Å². The second-order valence-electron chi connectivity index (χ2n) is 4.38. The summed E-state index contributed by atoms with van der Waals surface area (Å²) in [7, 11) is 1.52. The van der Waals surface area contributed by atoms with Crippen LogP contribution < -0.4 is 10.1 Å². The number of rotatable bonds is 4. The molecular weight excluding hydrogens is 344 g/mol. The third-order valence-electron chi connectivity index (χ3n) is 2.88. The molecule has 0 atom stereocenters. The van der Waals surface area contributed by atoms with Gasteiger partial charge in [0, 0.05) is 4.47 Å². The number of benzene rings is 2. The highest BCUT2D eigenvalue weighted by atomic mass is 79.9. The second-order valence-corrected chi connectivity index (χ2v) is 5.29. The number of hydrogen-bond donors (Lipinski definition) is 1. The molecule has 0 saturated heterocycles. The first-order valence-electron chi connectivity index (χ1n) is 6.46. The highest BCUT2D eigenvalue weighted by Gasteiger charge is 2.12. The fraction of sp³-hybridized carbons (Fsp3) is 0.0588. The first kappa shape index (κ1) is 15.8. The number of carbonyl (C=O) groups excluding carboxylic acids is 1. The largest absolute Gasteiger partial charge is 0.495 e. The molecule has 0 radical (unpaired) electrons. The molecule has 1 amide bonds. The van der Waals surface area contributed by atoms with Crippen molar-refractivity contribution in [3.63, 3.8) is 0 Å². The maximum atomic E-state index is 12.2. The Kier molecular flexibility index (Phi) is 5.34. The summed E-state index contributed by atoms with van der Waals surface area (Å²) in [4.78, 5) is 12.2. The van der Waals surface area contributed by atoms with Crippen LogP contribution in [0.4, 0.5) is 5.69 Å². The Hall–Kier alpha value is -2.58. The molecule has 2 rings (SSSR count). The molecule has 4 nitrogen and oxygen atoms in total. The molecule has 110 valence electrons. The lowest BCUT2D eigenvalue weighted by molar-refractivity contribution is -0.112. The predicted molar refractivity (Wildman–Crippen MR) is 89.4 cm³/mol. The minimum atomic E-state index is -0.480. The molecule has 0 fully saturated rings. The smallest absolute Gasteiger partial charge is 0.266 e. The molecule has 0 heterocycles. The SMILES string of the molecule is COc1ccccc1NC(=O)/C(C#N)=C/c1cccc(Br)c1. The van der Waals surface area contributed by atoms with Crippen LogP contribution in [0.2, 0.25) is 0 Å². The average molecular weight is 357 g/mol. The summed E-state index contributed by atoms with van der Waals surface area (Å²) in [6.07, 6.45) is 1.54. The van der Waals surface area contributed by atoms with Crippen molar-refractivity contribution in [1.29, 1.82) is 5.26 Å². The lowest BCUT2D eigenvalue weighted by atomic mass is 10.1. The average Bonchev–Trinajstić information content (AvgIpc) is 2.53. The summed E-state index contributed by atoms with van der Waals surface area (Å²) in [6.45, 7) is 0. The minimum absolute atomic E-state index is 0.0176. The van der Waals surface area contributed by atoms with E-state index in [4.69, 9.17) is 4.74 Å². The lowest BCUT2D eigenvalue weighted by Crippen LogP contribution is -2.14. The number of carbonyl (C=O) groups is 1. The number of ether oxygens (including phenoxy) is 1. The number of nitrogens with one attached hydrogen (secondary N) is 1. The quantitative estimate of drug-likeness (QED) is 0.665. The van der Waals surface area contributed by atoms with Crippen LogP contribution in [0, 0.1) is 11.3 Å². The number of methoxy groups -OCH3 is 1. The van der Waals surface area contributed by atoms with Crippen LogP contribution >= 0.6 is 15.9 Å². The Bertz CT molecular complexity index is 763. The lowest BCUT2D eigenvalue weighted by Gasteiger charge is -2.09. The van der Waals surface area contributed by atoms with Crippen LogP contribution in [-0.4, -0.2) is 13.0 Å². The van der Waals surface area contributed by atoms with Gasteiger partial charge in [0.2, 0.25) is 0 Å². The van der Waals surface area contributed by atoms with Gasteiger partial charge in [-0.2, -0.15) is 5.26 Å². The zero-order valence-corrected chi connectivity index (χ0v) is 13.4. The third kappa shape index (κ3) is 3.96. The van der Waals surface area contributed by atoms with Crippen molar-refractivity contribution in [1.82, 2.24) is 0 Å². The summed E-state index contributed by atoms with van der Waals surface area (Å²) in [6, 6.07) is 16.3. The van der Waals surface area contributed by atoms with Gasteiger partial charge >= 0.3 is 0 Å². The van der Waals surface area contributed by atoms with Crippen molar-refractivity contribution in [2.24, 2.45) is 0 Å². The van der Waals surface area contributed by atoms with Gasteiger partial charge in [-0.05, 0) is 35.9 Å². The number of halogens is 1. The first-order chi connectivity index (χ1) is 10.6. The van der Waals surface area contributed by atoms with Crippen LogP contribution in [0.5, 0.6) is 5.75 Å². The number of nitrogens with zero attached hydrogens (tertiary/aromatic N) is 1. The molecule has 0 spiro atoms. The summed E-state index contributed by atoms with van der Waals surface area (Å²) < 4.78 is 6.05. The zero-order valence-electron chi connectivity index (χ0n) is 11.8. The third-order valence-corrected chi connectivity index (χ3v) is 3.37. The Morgan fingerprint density at radius 3 is 2.73 bits per heavy atom. The van der Waals surface area contributed by atoms with Gasteiger partial charge in [0.25, 0.3) is 5.91 Å². The molecule has 22 heavy (non-hydrogen) atoms. The number of hydrogen-bond acceptors (Lipinski definition) is 3. The van der Waals surface area contributed by atoms with Gasteiger partial charge in [-0.15, -0.1) is 0 Å². The van der Waals surface area contributed by atoms with Crippen molar-refractivity contribution in [2.75, 3.05) is 12.4 Å². The predicted octanol–water partition coefficient (Wildman–Crippen LogP) is 4.00. The molecule has 0 aliphatic heterocycles. The number of nitriles is 1. The molecular formula is C17H13BrN2O2. The van der Waals surface area contributed by atoms with E-state index in [2.05, 4.69) is 21.2 Å². The van der Waals surface area contributed by atoms with E-state index in [1.807, 2.05) is 30.3 Å². The summed E-state index contributed by atoms with van der Waals surface area (Å²) >= 11 is 3.35. The number of amides is 1. The number of para-hydroxylation sites is 2. The summed E-state index contributed by atoms with van der Waals surface area (Å²) in [5.74, 6) is 0.0579. The molecule has 0 saturated carbocycles. The molecule has 1 N–H and O–H groups in total. The van der Waals surface area contributed by atoms with E-state index < -0.39 is 5.91 Å². The zero-order chi connectivity index (χ0) is 15.9. The first-order valence-corrected chi connectivity index (χ1v) is 7.25. The van der Waals surface area contributed by atoms with E-state index in [-0.39, 0.29) is 5.57 Å². The van der Waals surface area contributed by atoms with Gasteiger partial charge in [-0.25, -0.2) is 0 Å². The maximum absolute atomic E-state index is 12.2. The molecule has 0 bridgehead atoms. The Morgan fingerprint density at radius 2 is 2.05 bits per heavy atom. The van der Waals surface area contributed by atoms with Crippen molar-refractivity contribution >= 4 is 33.6 Å². The Balaban J connectivity index is 2.25. The molecule has 0 aromatic heterocycles. The Labute approximate surface area is 137 Å². The molecule has 0 aliphatic rings. The van der Waals surface area contributed by atoms with Gasteiger partial charge in [0.05, 0.1) is 12.8 Å². The van der Waals surface area contributed by atoms with E-state index in [1.165, 1.54) is 13.2 Å². The van der Waals surface area contributed by atoms with Crippen LogP contribution in [0.15, 0.2) is 58.6 Å². The van der Waals surface area contributed by atoms with Crippen LogP contribution in [-0.2, 0) is 4.79 Å². The van der Waals surface area contributed by atoms with Gasteiger partial charge in [-0.3, -0.25) is 4.79 Å². The molecule has 0 unspecified atom stereocenters.